The number of imide groups is 1. The van der Waals surface area contributed by atoms with E-state index in [4.69, 9.17) is 9.47 Å². The van der Waals surface area contributed by atoms with Gasteiger partial charge in [-0.3, -0.25) is 14.5 Å². The predicted molar refractivity (Wildman–Crippen MR) is 105 cm³/mol. The van der Waals surface area contributed by atoms with Gasteiger partial charge in [-0.1, -0.05) is 18.2 Å². The van der Waals surface area contributed by atoms with Crippen LogP contribution in [0.4, 0.5) is 4.79 Å². The molecule has 0 radical (unpaired) electrons. The van der Waals surface area contributed by atoms with Gasteiger partial charge < -0.3 is 25.2 Å². The highest BCUT2D eigenvalue weighted by atomic mass is 16.7. The number of carbonyl (C=O) groups is 3. The number of rotatable bonds is 7. The van der Waals surface area contributed by atoms with Crippen molar-refractivity contribution >= 4 is 17.8 Å². The van der Waals surface area contributed by atoms with Crippen molar-refractivity contribution in [1.29, 1.82) is 0 Å². The molecule has 4 rings (SSSR count). The van der Waals surface area contributed by atoms with Gasteiger partial charge in [0.15, 0.2) is 11.5 Å². The Kier molecular flexibility index (Phi) is 5.42. The minimum atomic E-state index is -0.889. The van der Waals surface area contributed by atoms with E-state index >= 15 is 0 Å². The number of fused-ring (bicyclic) bond motifs is 1. The van der Waals surface area contributed by atoms with Crippen molar-refractivity contribution in [2.24, 2.45) is 0 Å². The van der Waals surface area contributed by atoms with Crippen LogP contribution in [-0.2, 0) is 22.6 Å². The van der Waals surface area contributed by atoms with E-state index in [2.05, 4.69) is 10.6 Å². The van der Waals surface area contributed by atoms with Crippen LogP contribution in [0.3, 0.4) is 0 Å². The minimum Gasteiger partial charge on any atom is -0.508 e. The molecule has 0 bridgehead atoms. The van der Waals surface area contributed by atoms with E-state index in [0.29, 0.717) is 24.5 Å². The van der Waals surface area contributed by atoms with E-state index in [0.717, 1.165) is 16.0 Å². The minimum absolute atomic E-state index is 0.0836. The smallest absolute Gasteiger partial charge is 0.325 e. The standard InChI is InChI=1S/C21H21N3O6/c25-15-4-1-13(2-5-15)7-8-22-19(26)10-16-20(27)24(21(28)23-16)11-14-3-6-17-18(9-14)30-12-29-17/h1-6,9,16,25H,7-8,10-12H2,(H,22,26)(H,23,28)/t16-/m1/s1. The molecule has 1 atom stereocenters. The van der Waals surface area contributed by atoms with Gasteiger partial charge in [0.05, 0.1) is 13.0 Å². The van der Waals surface area contributed by atoms with Gasteiger partial charge in [-0.05, 0) is 41.8 Å². The van der Waals surface area contributed by atoms with Gasteiger partial charge in [0, 0.05) is 6.54 Å². The van der Waals surface area contributed by atoms with E-state index < -0.39 is 18.0 Å². The van der Waals surface area contributed by atoms with Crippen LogP contribution in [0.1, 0.15) is 17.5 Å². The van der Waals surface area contributed by atoms with Gasteiger partial charge in [-0.15, -0.1) is 0 Å². The Balaban J connectivity index is 1.28. The van der Waals surface area contributed by atoms with Crippen molar-refractivity contribution in [2.75, 3.05) is 13.3 Å². The molecule has 2 aliphatic heterocycles. The summed E-state index contributed by atoms with van der Waals surface area (Å²) in [6, 6.07) is 10.5. The van der Waals surface area contributed by atoms with E-state index in [1.54, 1.807) is 42.5 Å². The number of benzene rings is 2. The highest BCUT2D eigenvalue weighted by Gasteiger charge is 2.39. The Morgan fingerprint density at radius 3 is 2.63 bits per heavy atom. The summed E-state index contributed by atoms with van der Waals surface area (Å²) in [7, 11) is 0. The Bertz CT molecular complexity index is 975. The summed E-state index contributed by atoms with van der Waals surface area (Å²) in [4.78, 5) is 38.1. The summed E-state index contributed by atoms with van der Waals surface area (Å²) in [5.74, 6) is 0.620. The van der Waals surface area contributed by atoms with Crippen molar-refractivity contribution in [3.8, 4) is 17.2 Å². The van der Waals surface area contributed by atoms with Crippen LogP contribution >= 0.6 is 0 Å². The number of urea groups is 1. The maximum atomic E-state index is 12.6. The molecule has 1 saturated heterocycles. The van der Waals surface area contributed by atoms with Crippen molar-refractivity contribution in [3.63, 3.8) is 0 Å². The zero-order valence-electron chi connectivity index (χ0n) is 16.1. The average molecular weight is 411 g/mol. The van der Waals surface area contributed by atoms with Crippen LogP contribution in [0.2, 0.25) is 0 Å². The molecule has 9 heteroatoms. The molecule has 0 aliphatic carbocycles. The fourth-order valence-electron chi connectivity index (χ4n) is 3.35. The third-order valence-corrected chi connectivity index (χ3v) is 4.95. The fourth-order valence-corrected chi connectivity index (χ4v) is 3.35. The lowest BCUT2D eigenvalue weighted by atomic mass is 10.1. The first-order chi connectivity index (χ1) is 14.5. The Morgan fingerprint density at radius 1 is 1.10 bits per heavy atom. The summed E-state index contributed by atoms with van der Waals surface area (Å²) in [5.41, 5.74) is 1.69. The third kappa shape index (κ3) is 4.29. The maximum absolute atomic E-state index is 12.6. The number of hydrogen-bond acceptors (Lipinski definition) is 6. The third-order valence-electron chi connectivity index (χ3n) is 4.95. The maximum Gasteiger partial charge on any atom is 0.325 e. The molecule has 3 N–H and O–H groups in total. The molecule has 0 saturated carbocycles. The molecule has 9 nitrogen and oxygen atoms in total. The van der Waals surface area contributed by atoms with E-state index in [1.165, 1.54) is 0 Å². The van der Waals surface area contributed by atoms with E-state index in [1.807, 2.05) is 0 Å². The molecule has 0 spiro atoms. The second-order valence-corrected chi connectivity index (χ2v) is 7.08. The molecule has 2 aromatic rings. The topological polar surface area (TPSA) is 117 Å². The molecule has 156 valence electrons. The molecule has 0 unspecified atom stereocenters. The summed E-state index contributed by atoms with van der Waals surface area (Å²) in [6.07, 6.45) is 0.463. The Hall–Kier alpha value is -3.75. The van der Waals surface area contributed by atoms with Crippen LogP contribution in [0, 0.1) is 0 Å². The van der Waals surface area contributed by atoms with Crippen LogP contribution in [-0.4, -0.2) is 47.2 Å². The van der Waals surface area contributed by atoms with Gasteiger partial charge in [0.2, 0.25) is 12.7 Å². The van der Waals surface area contributed by atoms with Crippen molar-refractivity contribution in [2.45, 2.75) is 25.4 Å². The normalized spacial score (nSPS) is 17.2. The first-order valence-electron chi connectivity index (χ1n) is 9.54. The largest absolute Gasteiger partial charge is 0.508 e. The van der Waals surface area contributed by atoms with Gasteiger partial charge in [-0.2, -0.15) is 0 Å². The second kappa shape index (κ2) is 8.32. The van der Waals surface area contributed by atoms with Gasteiger partial charge in [0.25, 0.3) is 5.91 Å². The molecule has 2 aliphatic rings. The van der Waals surface area contributed by atoms with Crippen LogP contribution in [0.5, 0.6) is 17.2 Å². The molecular weight excluding hydrogens is 390 g/mol. The summed E-state index contributed by atoms with van der Waals surface area (Å²) in [6.45, 7) is 0.617. The van der Waals surface area contributed by atoms with Gasteiger partial charge >= 0.3 is 6.03 Å². The molecule has 4 amide bonds. The first kappa shape index (κ1) is 19.6. The highest BCUT2D eigenvalue weighted by Crippen LogP contribution is 2.33. The molecule has 30 heavy (non-hydrogen) atoms. The second-order valence-electron chi connectivity index (χ2n) is 7.08. The first-order valence-corrected chi connectivity index (χ1v) is 9.54. The number of ether oxygens (including phenoxy) is 2. The number of carbonyl (C=O) groups excluding carboxylic acids is 3. The number of amides is 4. The molecule has 1 fully saturated rings. The Morgan fingerprint density at radius 2 is 1.83 bits per heavy atom. The quantitative estimate of drug-likeness (QED) is 0.591. The highest BCUT2D eigenvalue weighted by molar-refractivity contribution is 6.05. The number of aromatic hydroxyl groups is 1. The number of nitrogens with one attached hydrogen (secondary N) is 2. The van der Waals surface area contributed by atoms with Crippen molar-refractivity contribution in [1.82, 2.24) is 15.5 Å². The zero-order valence-corrected chi connectivity index (χ0v) is 16.1. The summed E-state index contributed by atoms with van der Waals surface area (Å²) < 4.78 is 10.6. The summed E-state index contributed by atoms with van der Waals surface area (Å²) >= 11 is 0. The number of nitrogens with zero attached hydrogens (tertiary/aromatic N) is 1. The van der Waals surface area contributed by atoms with Gasteiger partial charge in [-0.25, -0.2) is 4.79 Å². The Labute approximate surface area is 172 Å². The lowest BCUT2D eigenvalue weighted by molar-refractivity contribution is -0.131. The average Bonchev–Trinajstić information content (AvgIpc) is 3.29. The van der Waals surface area contributed by atoms with Crippen molar-refractivity contribution in [3.05, 3.63) is 53.6 Å². The molecule has 0 aromatic heterocycles. The fraction of sp³-hybridized carbons (Fsp3) is 0.286. The van der Waals surface area contributed by atoms with Crippen LogP contribution < -0.4 is 20.1 Å². The number of phenols is 1. The monoisotopic (exact) mass is 411 g/mol. The molecular formula is C21H21N3O6. The predicted octanol–water partition coefficient (Wildman–Crippen LogP) is 1.29. The summed E-state index contributed by atoms with van der Waals surface area (Å²) in [5, 5.41) is 14.6. The lowest BCUT2D eigenvalue weighted by Gasteiger charge is -2.13. The number of phenolic OH excluding ortho intramolecular Hbond substituents is 1. The molecule has 2 heterocycles. The van der Waals surface area contributed by atoms with E-state index in [9.17, 15) is 19.5 Å². The lowest BCUT2D eigenvalue weighted by Crippen LogP contribution is -2.37. The number of hydrogen-bond donors (Lipinski definition) is 3. The van der Waals surface area contributed by atoms with Gasteiger partial charge in [0.1, 0.15) is 11.8 Å². The SMILES string of the molecule is O=C(C[C@H]1NC(=O)N(Cc2ccc3c(c2)OCO3)C1=O)NCCc1ccc(O)cc1. The van der Waals surface area contributed by atoms with Crippen LogP contribution in [0.25, 0.3) is 0 Å². The van der Waals surface area contributed by atoms with E-state index in [-0.39, 0.29) is 31.4 Å². The van der Waals surface area contributed by atoms with Crippen LogP contribution in [0.15, 0.2) is 42.5 Å². The molecule has 2 aromatic carbocycles. The van der Waals surface area contributed by atoms with Crippen molar-refractivity contribution < 1.29 is 29.0 Å². The zero-order chi connectivity index (χ0) is 21.1.